The van der Waals surface area contributed by atoms with Gasteiger partial charge in [0.1, 0.15) is 5.82 Å². The van der Waals surface area contributed by atoms with E-state index in [-0.39, 0.29) is 17.4 Å². The third-order valence-electron chi connectivity index (χ3n) is 6.67. The molecule has 0 spiro atoms. The largest absolute Gasteiger partial charge is 0.331 e. The van der Waals surface area contributed by atoms with Gasteiger partial charge in [-0.15, -0.1) is 0 Å². The number of benzene rings is 2. The lowest BCUT2D eigenvalue weighted by Crippen LogP contribution is -2.33. The van der Waals surface area contributed by atoms with E-state index in [1.807, 2.05) is 25.1 Å². The average Bonchev–Trinajstić information content (AvgIpc) is 3.41. The van der Waals surface area contributed by atoms with Crippen molar-refractivity contribution >= 4 is 11.6 Å². The number of hydrogen-bond acceptors (Lipinski definition) is 3. The predicted molar refractivity (Wildman–Crippen MR) is 129 cm³/mol. The molecule has 0 atom stereocenters. The van der Waals surface area contributed by atoms with Crippen LogP contribution in [0, 0.1) is 25.1 Å². The monoisotopic (exact) mass is 435 g/mol. The molecule has 2 aliphatic rings. The number of amides is 1. The van der Waals surface area contributed by atoms with E-state index in [1.54, 1.807) is 12.1 Å². The van der Waals surface area contributed by atoms with Gasteiger partial charge in [0.15, 0.2) is 0 Å². The average molecular weight is 436 g/mol. The van der Waals surface area contributed by atoms with Crippen LogP contribution in [-0.2, 0) is 13.0 Å². The minimum atomic E-state index is -0.328. The molecule has 1 saturated carbocycles. The van der Waals surface area contributed by atoms with Gasteiger partial charge in [-0.1, -0.05) is 31.6 Å². The molecule has 5 heteroatoms. The van der Waals surface area contributed by atoms with Crippen LogP contribution >= 0.6 is 0 Å². The number of carbonyl (C=O) groups is 1. The first kappa shape index (κ1) is 23.9. The Kier molecular flexibility index (Phi) is 7.62. The van der Waals surface area contributed by atoms with E-state index in [0.717, 1.165) is 40.7 Å². The molecule has 2 N–H and O–H groups in total. The highest BCUT2D eigenvalue weighted by molar-refractivity contribution is 6.06. The lowest BCUT2D eigenvalue weighted by molar-refractivity contribution is 0.0707. The third-order valence-corrected chi connectivity index (χ3v) is 6.67. The van der Waals surface area contributed by atoms with Crippen LogP contribution < -0.4 is 5.32 Å². The van der Waals surface area contributed by atoms with Gasteiger partial charge in [-0.25, -0.2) is 4.39 Å². The van der Waals surface area contributed by atoms with E-state index in [2.05, 4.69) is 25.7 Å². The van der Waals surface area contributed by atoms with Crippen molar-refractivity contribution < 1.29 is 9.18 Å². The first-order valence-corrected chi connectivity index (χ1v) is 11.3. The SMILES string of the molecule is C=CC(=N)c1ccc(Cc2cc3c(c(C)c2C)CN(C2CCCC2)C3=O)c(F)c1.CNC. The maximum absolute atomic E-state index is 14.7. The Morgan fingerprint density at radius 3 is 2.44 bits per heavy atom. The summed E-state index contributed by atoms with van der Waals surface area (Å²) in [6.45, 7) is 8.42. The first-order valence-electron chi connectivity index (χ1n) is 11.3. The van der Waals surface area contributed by atoms with Crippen molar-refractivity contribution in [1.29, 1.82) is 5.41 Å². The molecule has 4 rings (SSSR count). The normalized spacial score (nSPS) is 15.4. The van der Waals surface area contributed by atoms with Gasteiger partial charge in [0.25, 0.3) is 5.91 Å². The van der Waals surface area contributed by atoms with Crippen LogP contribution in [0.4, 0.5) is 4.39 Å². The van der Waals surface area contributed by atoms with Crippen LogP contribution in [0.3, 0.4) is 0 Å². The number of hydrogen-bond donors (Lipinski definition) is 2. The number of nitrogens with zero attached hydrogens (tertiary/aromatic N) is 1. The summed E-state index contributed by atoms with van der Waals surface area (Å²) < 4.78 is 14.7. The standard InChI is InChI=1S/C25H27FN2O.C2H7N/c1-4-24(27)18-10-9-17(23(26)13-18)11-19-12-21-22(16(3)15(19)2)14-28(25(21)29)20-7-5-6-8-20;1-3-2/h4,9-10,12-13,20,27H,1,5-8,11,14H2,2-3H3;3H,1-2H3. The summed E-state index contributed by atoms with van der Waals surface area (Å²) in [7, 11) is 3.75. The number of rotatable bonds is 5. The highest BCUT2D eigenvalue weighted by Crippen LogP contribution is 2.35. The molecule has 1 fully saturated rings. The maximum atomic E-state index is 14.7. The highest BCUT2D eigenvalue weighted by atomic mass is 19.1. The fraction of sp³-hybridized carbons (Fsp3) is 0.407. The Balaban J connectivity index is 0.000000913. The van der Waals surface area contributed by atoms with Gasteiger partial charge in [0, 0.05) is 30.1 Å². The summed E-state index contributed by atoms with van der Waals surface area (Å²) in [5, 5.41) is 10.5. The molecule has 1 aliphatic heterocycles. The molecule has 2 aromatic rings. The Bertz CT molecular complexity index is 1040. The summed E-state index contributed by atoms with van der Waals surface area (Å²) in [4.78, 5) is 15.1. The van der Waals surface area contributed by atoms with Gasteiger partial charge in [0.2, 0.25) is 0 Å². The van der Waals surface area contributed by atoms with Crippen molar-refractivity contribution in [3.05, 3.63) is 81.7 Å². The van der Waals surface area contributed by atoms with Crippen LogP contribution in [0.2, 0.25) is 0 Å². The number of fused-ring (bicyclic) bond motifs is 1. The molecule has 0 saturated heterocycles. The highest BCUT2D eigenvalue weighted by Gasteiger charge is 2.35. The van der Waals surface area contributed by atoms with Gasteiger partial charge < -0.3 is 15.6 Å². The Morgan fingerprint density at radius 1 is 1.19 bits per heavy atom. The first-order chi connectivity index (χ1) is 15.3. The minimum Gasteiger partial charge on any atom is -0.331 e. The molecule has 4 nitrogen and oxygen atoms in total. The van der Waals surface area contributed by atoms with E-state index in [9.17, 15) is 9.18 Å². The van der Waals surface area contributed by atoms with Crippen molar-refractivity contribution in [2.75, 3.05) is 14.1 Å². The van der Waals surface area contributed by atoms with Gasteiger partial charge in [0.05, 0.1) is 5.71 Å². The number of nitrogens with one attached hydrogen (secondary N) is 2. The molecular formula is C27H34FN3O. The topological polar surface area (TPSA) is 56.2 Å². The zero-order valence-electron chi connectivity index (χ0n) is 19.6. The maximum Gasteiger partial charge on any atom is 0.254 e. The smallest absolute Gasteiger partial charge is 0.254 e. The molecule has 0 aromatic heterocycles. The zero-order valence-corrected chi connectivity index (χ0v) is 19.6. The van der Waals surface area contributed by atoms with E-state index >= 15 is 0 Å². The lowest BCUT2D eigenvalue weighted by atomic mass is 9.91. The molecule has 170 valence electrons. The second kappa shape index (κ2) is 10.2. The Hall–Kier alpha value is -2.79. The zero-order chi connectivity index (χ0) is 23.4. The van der Waals surface area contributed by atoms with Crippen molar-refractivity contribution in [1.82, 2.24) is 10.2 Å². The molecule has 1 amide bonds. The number of allylic oxidation sites excluding steroid dienone is 1. The molecule has 0 unspecified atom stereocenters. The van der Waals surface area contributed by atoms with Crippen LogP contribution in [0.25, 0.3) is 0 Å². The second-order valence-corrected chi connectivity index (χ2v) is 8.78. The molecule has 1 aliphatic carbocycles. The van der Waals surface area contributed by atoms with Crippen molar-refractivity contribution in [3.63, 3.8) is 0 Å². The van der Waals surface area contributed by atoms with Crippen molar-refractivity contribution in [2.45, 2.75) is 58.5 Å². The minimum absolute atomic E-state index is 0.131. The molecule has 1 heterocycles. The predicted octanol–water partition coefficient (Wildman–Crippen LogP) is 5.32. The second-order valence-electron chi connectivity index (χ2n) is 8.78. The quantitative estimate of drug-likeness (QED) is 0.625. The summed E-state index contributed by atoms with van der Waals surface area (Å²) >= 11 is 0. The van der Waals surface area contributed by atoms with Gasteiger partial charge in [-0.05, 0) is 86.8 Å². The van der Waals surface area contributed by atoms with E-state index < -0.39 is 0 Å². The molecule has 0 radical (unpaired) electrons. The molecule has 2 aromatic carbocycles. The Morgan fingerprint density at radius 2 is 1.84 bits per heavy atom. The lowest BCUT2D eigenvalue weighted by Gasteiger charge is -2.23. The van der Waals surface area contributed by atoms with Crippen LogP contribution in [-0.4, -0.2) is 36.7 Å². The molecular weight excluding hydrogens is 401 g/mol. The van der Waals surface area contributed by atoms with Crippen LogP contribution in [0.5, 0.6) is 0 Å². The molecule has 32 heavy (non-hydrogen) atoms. The fourth-order valence-corrected chi connectivity index (χ4v) is 4.71. The Labute approximate surface area is 191 Å². The summed E-state index contributed by atoms with van der Waals surface area (Å²) in [5.41, 5.74) is 6.50. The summed E-state index contributed by atoms with van der Waals surface area (Å²) in [6.07, 6.45) is 6.44. The van der Waals surface area contributed by atoms with Crippen LogP contribution in [0.15, 0.2) is 36.9 Å². The van der Waals surface area contributed by atoms with E-state index in [0.29, 0.717) is 30.1 Å². The number of carbonyl (C=O) groups excluding carboxylic acids is 1. The van der Waals surface area contributed by atoms with Gasteiger partial charge in [-0.3, -0.25) is 4.79 Å². The molecule has 0 bridgehead atoms. The van der Waals surface area contributed by atoms with E-state index in [1.165, 1.54) is 25.0 Å². The summed E-state index contributed by atoms with van der Waals surface area (Å²) in [5.74, 6) is -0.197. The van der Waals surface area contributed by atoms with Crippen LogP contribution in [0.1, 0.15) is 69.4 Å². The van der Waals surface area contributed by atoms with Crippen molar-refractivity contribution in [2.24, 2.45) is 0 Å². The van der Waals surface area contributed by atoms with E-state index in [4.69, 9.17) is 5.41 Å². The summed E-state index contributed by atoms with van der Waals surface area (Å²) in [6, 6.07) is 7.22. The van der Waals surface area contributed by atoms with Crippen molar-refractivity contribution in [3.8, 4) is 0 Å². The fourth-order valence-electron chi connectivity index (χ4n) is 4.71. The van der Waals surface area contributed by atoms with Gasteiger partial charge in [-0.2, -0.15) is 0 Å². The van der Waals surface area contributed by atoms with Gasteiger partial charge >= 0.3 is 0 Å². The number of halogens is 1. The third kappa shape index (κ3) is 4.68.